The first-order valence-electron chi connectivity index (χ1n) is 10.6. The molecule has 0 atom stereocenters. The summed E-state index contributed by atoms with van der Waals surface area (Å²) in [6.45, 7) is 9.89. The van der Waals surface area contributed by atoms with Crippen LogP contribution in [0, 0.1) is 6.92 Å². The van der Waals surface area contributed by atoms with Crippen LogP contribution in [-0.4, -0.2) is 72.3 Å². The maximum absolute atomic E-state index is 6.36. The SMILES string of the molecule is Cc1cc2c(N3CCN(Cc4ccccc4Cl)CC3)nc(N3CCOCC3)nc2[nH]1. The third-order valence-corrected chi connectivity index (χ3v) is 6.28. The van der Waals surface area contributed by atoms with E-state index in [9.17, 15) is 0 Å². The molecule has 0 radical (unpaired) electrons. The number of piperazine rings is 1. The zero-order valence-electron chi connectivity index (χ0n) is 17.3. The van der Waals surface area contributed by atoms with Crippen LogP contribution in [0.1, 0.15) is 11.3 Å². The molecule has 0 unspecified atom stereocenters. The van der Waals surface area contributed by atoms with Gasteiger partial charge >= 0.3 is 0 Å². The molecule has 4 heterocycles. The predicted octanol–water partition coefficient (Wildman–Crippen LogP) is 3.08. The van der Waals surface area contributed by atoms with E-state index in [-0.39, 0.29) is 0 Å². The lowest BCUT2D eigenvalue weighted by atomic mass is 10.2. The Morgan fingerprint density at radius 3 is 2.53 bits per heavy atom. The Hall–Kier alpha value is -2.35. The first kappa shape index (κ1) is 19.6. The van der Waals surface area contributed by atoms with Crippen molar-refractivity contribution in [1.82, 2.24) is 19.9 Å². The maximum atomic E-state index is 6.36. The molecular weight excluding hydrogens is 400 g/mol. The molecular formula is C22H27ClN6O. The van der Waals surface area contributed by atoms with Crippen molar-refractivity contribution in [3.63, 3.8) is 0 Å². The van der Waals surface area contributed by atoms with Crippen molar-refractivity contribution in [1.29, 1.82) is 0 Å². The normalized spacial score (nSPS) is 18.3. The summed E-state index contributed by atoms with van der Waals surface area (Å²) >= 11 is 6.36. The molecule has 0 spiro atoms. The van der Waals surface area contributed by atoms with Crippen molar-refractivity contribution in [2.24, 2.45) is 0 Å². The molecule has 2 aliphatic heterocycles. The molecule has 5 rings (SSSR count). The number of benzene rings is 1. The number of hydrogen-bond acceptors (Lipinski definition) is 6. The Labute approximate surface area is 181 Å². The van der Waals surface area contributed by atoms with Crippen LogP contribution < -0.4 is 9.80 Å². The minimum atomic E-state index is 0.723. The van der Waals surface area contributed by atoms with E-state index in [2.05, 4.69) is 44.8 Å². The number of nitrogens with zero attached hydrogens (tertiary/aromatic N) is 5. The molecule has 2 fully saturated rings. The molecule has 0 saturated carbocycles. The molecule has 1 N–H and O–H groups in total. The summed E-state index contributed by atoms with van der Waals surface area (Å²) in [5.74, 6) is 1.82. The highest BCUT2D eigenvalue weighted by Crippen LogP contribution is 2.29. The molecule has 0 amide bonds. The molecule has 7 nitrogen and oxygen atoms in total. The van der Waals surface area contributed by atoms with Gasteiger partial charge in [0.15, 0.2) is 0 Å². The van der Waals surface area contributed by atoms with E-state index < -0.39 is 0 Å². The molecule has 2 aromatic heterocycles. The number of H-pyrrole nitrogens is 1. The highest BCUT2D eigenvalue weighted by atomic mass is 35.5. The molecule has 0 bridgehead atoms. The average Bonchev–Trinajstić information content (AvgIpc) is 3.16. The monoisotopic (exact) mass is 426 g/mol. The Balaban J connectivity index is 1.36. The number of morpholine rings is 1. The molecule has 8 heteroatoms. The molecule has 0 aliphatic carbocycles. The fraction of sp³-hybridized carbons (Fsp3) is 0.455. The average molecular weight is 427 g/mol. The van der Waals surface area contributed by atoms with Crippen molar-refractivity contribution in [3.05, 3.63) is 46.6 Å². The molecule has 2 saturated heterocycles. The smallest absolute Gasteiger partial charge is 0.229 e. The van der Waals surface area contributed by atoms with Gasteiger partial charge in [-0.05, 0) is 24.6 Å². The second-order valence-corrected chi connectivity index (χ2v) is 8.42. The minimum Gasteiger partial charge on any atom is -0.378 e. The molecule has 3 aromatic rings. The number of hydrogen-bond donors (Lipinski definition) is 1. The number of aryl methyl sites for hydroxylation is 1. The van der Waals surface area contributed by atoms with Gasteiger partial charge in [-0.15, -0.1) is 0 Å². The molecule has 2 aliphatic rings. The van der Waals surface area contributed by atoms with Crippen molar-refractivity contribution in [2.45, 2.75) is 13.5 Å². The number of ether oxygens (including phenoxy) is 1. The van der Waals surface area contributed by atoms with E-state index >= 15 is 0 Å². The number of aromatic nitrogens is 3. The van der Waals surface area contributed by atoms with Crippen LogP contribution in [0.25, 0.3) is 11.0 Å². The Morgan fingerprint density at radius 1 is 1.00 bits per heavy atom. The summed E-state index contributed by atoms with van der Waals surface area (Å²) in [7, 11) is 0. The van der Waals surface area contributed by atoms with Gasteiger partial charge in [0.1, 0.15) is 11.5 Å². The van der Waals surface area contributed by atoms with Crippen LogP contribution >= 0.6 is 11.6 Å². The van der Waals surface area contributed by atoms with Gasteiger partial charge in [0.25, 0.3) is 0 Å². The van der Waals surface area contributed by atoms with Gasteiger partial charge in [-0.25, -0.2) is 0 Å². The van der Waals surface area contributed by atoms with Crippen LogP contribution in [0.15, 0.2) is 30.3 Å². The van der Waals surface area contributed by atoms with Crippen LogP contribution in [-0.2, 0) is 11.3 Å². The summed E-state index contributed by atoms with van der Waals surface area (Å²) in [5.41, 5.74) is 3.21. The van der Waals surface area contributed by atoms with Crippen LogP contribution in [0.4, 0.5) is 11.8 Å². The number of rotatable bonds is 4. The van der Waals surface area contributed by atoms with Gasteiger partial charge in [0.2, 0.25) is 5.95 Å². The Bertz CT molecular complexity index is 1020. The van der Waals surface area contributed by atoms with E-state index in [0.717, 1.165) is 92.5 Å². The minimum absolute atomic E-state index is 0.723. The van der Waals surface area contributed by atoms with Crippen molar-refractivity contribution >= 4 is 34.4 Å². The molecule has 1 aromatic carbocycles. The number of aromatic amines is 1. The zero-order valence-corrected chi connectivity index (χ0v) is 18.0. The van der Waals surface area contributed by atoms with Gasteiger partial charge in [0, 0.05) is 56.5 Å². The quantitative estimate of drug-likeness (QED) is 0.691. The first-order chi connectivity index (χ1) is 14.7. The summed E-state index contributed by atoms with van der Waals surface area (Å²) in [4.78, 5) is 20.3. The van der Waals surface area contributed by atoms with Gasteiger partial charge < -0.3 is 19.5 Å². The number of fused-ring (bicyclic) bond motifs is 1. The van der Waals surface area contributed by atoms with Crippen LogP contribution in [0.3, 0.4) is 0 Å². The fourth-order valence-electron chi connectivity index (χ4n) is 4.24. The van der Waals surface area contributed by atoms with E-state index in [1.165, 1.54) is 5.56 Å². The number of anilines is 2. The summed E-state index contributed by atoms with van der Waals surface area (Å²) in [6.07, 6.45) is 0. The van der Waals surface area contributed by atoms with Crippen LogP contribution in [0.5, 0.6) is 0 Å². The summed E-state index contributed by atoms with van der Waals surface area (Å²) in [6, 6.07) is 10.3. The number of nitrogens with one attached hydrogen (secondary N) is 1. The predicted molar refractivity (Wildman–Crippen MR) is 121 cm³/mol. The van der Waals surface area contributed by atoms with Crippen molar-refractivity contribution in [3.8, 4) is 0 Å². The summed E-state index contributed by atoms with van der Waals surface area (Å²) < 4.78 is 5.50. The standard InChI is InChI=1S/C22H27ClN6O/c1-16-14-18-20(24-16)25-22(29-10-12-30-13-11-29)26-21(18)28-8-6-27(7-9-28)15-17-4-2-3-5-19(17)23/h2-5,14H,6-13,15H2,1H3,(H,24,25,26). The largest absolute Gasteiger partial charge is 0.378 e. The van der Waals surface area contributed by atoms with Crippen molar-refractivity contribution < 1.29 is 4.74 Å². The van der Waals surface area contributed by atoms with Gasteiger partial charge in [0.05, 0.1) is 18.6 Å². The Kier molecular flexibility index (Phi) is 5.50. The van der Waals surface area contributed by atoms with Gasteiger partial charge in [-0.2, -0.15) is 9.97 Å². The van der Waals surface area contributed by atoms with E-state index in [1.54, 1.807) is 0 Å². The maximum Gasteiger partial charge on any atom is 0.229 e. The van der Waals surface area contributed by atoms with Gasteiger partial charge in [-0.3, -0.25) is 4.90 Å². The third-order valence-electron chi connectivity index (χ3n) is 5.91. The van der Waals surface area contributed by atoms with E-state index in [1.807, 2.05) is 12.1 Å². The highest BCUT2D eigenvalue weighted by molar-refractivity contribution is 6.31. The lowest BCUT2D eigenvalue weighted by Crippen LogP contribution is -2.46. The lowest BCUT2D eigenvalue weighted by Gasteiger charge is -2.36. The van der Waals surface area contributed by atoms with Crippen LogP contribution in [0.2, 0.25) is 5.02 Å². The number of halogens is 1. The topological polar surface area (TPSA) is 60.5 Å². The molecule has 30 heavy (non-hydrogen) atoms. The van der Waals surface area contributed by atoms with Crippen molar-refractivity contribution in [2.75, 3.05) is 62.3 Å². The second kappa shape index (κ2) is 8.41. The third kappa shape index (κ3) is 3.97. The second-order valence-electron chi connectivity index (χ2n) is 8.02. The lowest BCUT2D eigenvalue weighted by molar-refractivity contribution is 0.122. The molecule has 158 valence electrons. The van der Waals surface area contributed by atoms with Gasteiger partial charge in [-0.1, -0.05) is 29.8 Å². The highest BCUT2D eigenvalue weighted by Gasteiger charge is 2.24. The van der Waals surface area contributed by atoms with E-state index in [4.69, 9.17) is 26.3 Å². The fourth-order valence-corrected chi connectivity index (χ4v) is 4.44. The van der Waals surface area contributed by atoms with E-state index in [0.29, 0.717) is 0 Å². The Morgan fingerprint density at radius 2 is 1.77 bits per heavy atom. The summed E-state index contributed by atoms with van der Waals surface area (Å²) in [5, 5.41) is 1.94. The first-order valence-corrected chi connectivity index (χ1v) is 11.0. The zero-order chi connectivity index (χ0) is 20.5.